The van der Waals surface area contributed by atoms with E-state index >= 15 is 0 Å². The van der Waals surface area contributed by atoms with Crippen molar-refractivity contribution in [1.82, 2.24) is 9.97 Å². The molecule has 3 nitrogen and oxygen atoms in total. The van der Waals surface area contributed by atoms with Gasteiger partial charge in [-0.2, -0.15) is 0 Å². The van der Waals surface area contributed by atoms with Gasteiger partial charge in [0.1, 0.15) is 0 Å². The SMILES string of the molecule is CO.[B](c1ccc2[nH]c3c(c2c1)CCC=C3)c1ccc2[nH]c3ccccc3c2c1.[Y].[Y]. The number of H-pyrrole nitrogens is 2. The van der Waals surface area contributed by atoms with E-state index in [2.05, 4.69) is 90.1 Å². The summed E-state index contributed by atoms with van der Waals surface area (Å²) in [4.78, 5) is 7.04. The van der Waals surface area contributed by atoms with Crippen LogP contribution in [0.15, 0.2) is 66.7 Å². The smallest absolute Gasteiger partial charge is 0.191 e. The molecule has 0 fully saturated rings. The molecule has 0 bridgehead atoms. The Bertz CT molecular complexity index is 1370. The quantitative estimate of drug-likeness (QED) is 0.284. The van der Waals surface area contributed by atoms with E-state index in [1.54, 1.807) is 0 Å². The van der Waals surface area contributed by atoms with Crippen molar-refractivity contribution in [2.75, 3.05) is 7.11 Å². The Morgan fingerprint density at radius 3 is 2.16 bits per heavy atom. The summed E-state index contributed by atoms with van der Waals surface area (Å²) in [5.74, 6) is 0. The fourth-order valence-electron chi connectivity index (χ4n) is 4.36. The molecular weight excluding hydrogens is 533 g/mol. The Morgan fingerprint density at radius 2 is 1.39 bits per heavy atom. The number of aromatic amines is 2. The summed E-state index contributed by atoms with van der Waals surface area (Å²) in [6.07, 6.45) is 6.72. The van der Waals surface area contributed by atoms with Crippen molar-refractivity contribution in [1.29, 1.82) is 0 Å². The molecule has 0 amide bonds. The van der Waals surface area contributed by atoms with Gasteiger partial charge in [0.05, 0.1) is 0 Å². The number of nitrogens with one attached hydrogen (secondary N) is 2. The van der Waals surface area contributed by atoms with Gasteiger partial charge in [0, 0.05) is 111 Å². The van der Waals surface area contributed by atoms with E-state index in [9.17, 15) is 0 Å². The average Bonchev–Trinajstić information content (AvgIpc) is 3.33. The van der Waals surface area contributed by atoms with Crippen molar-refractivity contribution in [2.45, 2.75) is 12.8 Å². The summed E-state index contributed by atoms with van der Waals surface area (Å²) in [6, 6.07) is 21.9. The van der Waals surface area contributed by atoms with Gasteiger partial charge < -0.3 is 15.1 Å². The zero-order valence-electron chi connectivity index (χ0n) is 17.5. The number of allylic oxidation sites excluding steroid dienone is 1. The Labute approximate surface area is 233 Å². The minimum absolute atomic E-state index is 0. The molecule has 6 rings (SSSR count). The molecular formula is C25H22BN2OY2. The van der Waals surface area contributed by atoms with Crippen LogP contribution in [0.5, 0.6) is 0 Å². The molecule has 3 radical (unpaired) electrons. The second-order valence-corrected chi connectivity index (χ2v) is 7.38. The molecule has 1 aliphatic carbocycles. The van der Waals surface area contributed by atoms with Gasteiger partial charge in [-0.3, -0.25) is 0 Å². The Kier molecular flexibility index (Phi) is 8.52. The number of aromatic nitrogens is 2. The molecule has 0 atom stereocenters. The number of para-hydroxylation sites is 1. The average molecular weight is 555 g/mol. The normalized spacial score (nSPS) is 11.9. The maximum atomic E-state index is 7.00. The molecule has 31 heavy (non-hydrogen) atoms. The summed E-state index contributed by atoms with van der Waals surface area (Å²) in [5.41, 5.74) is 8.82. The van der Waals surface area contributed by atoms with Crippen LogP contribution in [0.1, 0.15) is 17.7 Å². The second kappa shape index (κ2) is 10.7. The number of fused-ring (bicyclic) bond motifs is 6. The first-order valence-corrected chi connectivity index (χ1v) is 9.96. The number of aryl methyl sites for hydroxylation is 1. The molecule has 6 heteroatoms. The summed E-state index contributed by atoms with van der Waals surface area (Å²) in [7, 11) is 3.28. The van der Waals surface area contributed by atoms with Crippen LogP contribution >= 0.6 is 0 Å². The number of aliphatic hydroxyl groups is 1. The summed E-state index contributed by atoms with van der Waals surface area (Å²) in [5, 5.41) is 10.9. The van der Waals surface area contributed by atoms with Crippen molar-refractivity contribution in [2.24, 2.45) is 0 Å². The maximum Gasteiger partial charge on any atom is 0.191 e. The van der Waals surface area contributed by atoms with Gasteiger partial charge in [-0.1, -0.05) is 59.5 Å². The fraction of sp³-hybridized carbons (Fsp3) is 0.120. The monoisotopic (exact) mass is 555 g/mol. The molecule has 0 unspecified atom stereocenters. The van der Waals surface area contributed by atoms with Crippen LogP contribution in [0.2, 0.25) is 0 Å². The van der Waals surface area contributed by atoms with E-state index < -0.39 is 0 Å². The predicted octanol–water partition coefficient (Wildman–Crippen LogP) is 4.02. The van der Waals surface area contributed by atoms with Gasteiger partial charge in [0.25, 0.3) is 0 Å². The molecule has 1 aliphatic rings. The number of hydrogen-bond donors (Lipinski definition) is 3. The Hall–Kier alpha value is -1.03. The maximum absolute atomic E-state index is 7.00. The Morgan fingerprint density at radius 1 is 0.742 bits per heavy atom. The molecule has 0 aliphatic heterocycles. The zero-order valence-corrected chi connectivity index (χ0v) is 23.2. The topological polar surface area (TPSA) is 51.8 Å². The van der Waals surface area contributed by atoms with E-state index in [1.807, 2.05) is 0 Å². The first-order valence-electron chi connectivity index (χ1n) is 9.96. The third kappa shape index (κ3) is 4.70. The van der Waals surface area contributed by atoms with Crippen molar-refractivity contribution >= 4 is 57.0 Å². The van der Waals surface area contributed by atoms with E-state index in [1.165, 1.54) is 54.9 Å². The van der Waals surface area contributed by atoms with E-state index in [-0.39, 0.29) is 65.4 Å². The van der Waals surface area contributed by atoms with Gasteiger partial charge in [-0.05, 0) is 42.7 Å². The van der Waals surface area contributed by atoms with Crippen LogP contribution < -0.4 is 10.9 Å². The van der Waals surface area contributed by atoms with Crippen LogP contribution in [-0.2, 0) is 71.8 Å². The Balaban J connectivity index is 0.000000663. The van der Waals surface area contributed by atoms with Crippen molar-refractivity contribution in [3.8, 4) is 0 Å². The third-order valence-corrected chi connectivity index (χ3v) is 5.67. The first kappa shape index (κ1) is 24.6. The summed E-state index contributed by atoms with van der Waals surface area (Å²) >= 11 is 0. The van der Waals surface area contributed by atoms with Crippen LogP contribution in [0, 0.1) is 0 Å². The molecule has 5 aromatic rings. The largest absolute Gasteiger partial charge is 0.400 e. The molecule has 3 aromatic carbocycles. The standard InChI is InChI=1S/C24H18BN2.CH4O.2Y/c1-3-7-21-17(5-1)19-13-15(9-11-23(19)26-21)25-16-10-12-24-20(14-16)18-6-2-4-8-22(18)27-24;1-2;;/h1,3-5,7-14,26-27H,2,6H2;2H,1H3;;. The first-order chi connectivity index (χ1) is 14.3. The van der Waals surface area contributed by atoms with Gasteiger partial charge in [-0.25, -0.2) is 0 Å². The van der Waals surface area contributed by atoms with Gasteiger partial charge in [0.2, 0.25) is 0 Å². The molecule has 147 valence electrons. The van der Waals surface area contributed by atoms with Crippen molar-refractivity contribution in [3.63, 3.8) is 0 Å². The van der Waals surface area contributed by atoms with Crippen molar-refractivity contribution in [3.05, 3.63) is 78.0 Å². The number of hydrogen-bond acceptors (Lipinski definition) is 1. The molecule has 0 spiro atoms. The number of aliphatic hydroxyl groups excluding tert-OH is 1. The third-order valence-electron chi connectivity index (χ3n) is 5.67. The molecule has 2 aromatic heterocycles. The molecule has 3 N–H and O–H groups in total. The van der Waals surface area contributed by atoms with Crippen LogP contribution in [0.3, 0.4) is 0 Å². The van der Waals surface area contributed by atoms with Gasteiger partial charge >= 0.3 is 0 Å². The number of benzene rings is 3. The van der Waals surface area contributed by atoms with E-state index in [4.69, 9.17) is 5.11 Å². The predicted molar refractivity (Wildman–Crippen MR) is 125 cm³/mol. The minimum Gasteiger partial charge on any atom is -0.400 e. The van der Waals surface area contributed by atoms with Crippen molar-refractivity contribution < 1.29 is 70.5 Å². The van der Waals surface area contributed by atoms with E-state index in [0.29, 0.717) is 0 Å². The number of rotatable bonds is 2. The second-order valence-electron chi connectivity index (χ2n) is 7.38. The van der Waals surface area contributed by atoms with Crippen LogP contribution in [0.4, 0.5) is 0 Å². The van der Waals surface area contributed by atoms with E-state index in [0.717, 1.165) is 20.0 Å². The summed E-state index contributed by atoms with van der Waals surface area (Å²) < 4.78 is 0. The van der Waals surface area contributed by atoms with Gasteiger partial charge in [0.15, 0.2) is 7.28 Å². The minimum atomic E-state index is 0. The zero-order chi connectivity index (χ0) is 19.8. The van der Waals surface area contributed by atoms with Crippen LogP contribution in [0.25, 0.3) is 38.8 Å². The molecule has 0 saturated carbocycles. The summed E-state index contributed by atoms with van der Waals surface area (Å²) in [6.45, 7) is 0. The van der Waals surface area contributed by atoms with Gasteiger partial charge in [-0.15, -0.1) is 0 Å². The molecule has 2 heterocycles. The van der Waals surface area contributed by atoms with Crippen LogP contribution in [-0.4, -0.2) is 29.5 Å². The fourth-order valence-corrected chi connectivity index (χ4v) is 4.36. The molecule has 0 saturated heterocycles.